The molecule has 6 heteroatoms. The fourth-order valence-electron chi connectivity index (χ4n) is 2.99. The molecule has 0 aliphatic rings. The lowest BCUT2D eigenvalue weighted by atomic mass is 10.0. The van der Waals surface area contributed by atoms with Crippen LogP contribution in [0.5, 0.6) is 5.75 Å². The molecule has 2 atom stereocenters. The van der Waals surface area contributed by atoms with E-state index in [1.165, 1.54) is 18.2 Å². The number of hydrogen-bond donors (Lipinski definition) is 0. The Morgan fingerprint density at radius 3 is 2.46 bits per heavy atom. The van der Waals surface area contributed by atoms with Crippen LogP contribution in [-0.4, -0.2) is 28.9 Å². The quantitative estimate of drug-likeness (QED) is 0.539. The molecule has 144 valence electrons. The van der Waals surface area contributed by atoms with E-state index in [0.29, 0.717) is 10.2 Å². The highest BCUT2D eigenvalue weighted by Crippen LogP contribution is 2.29. The van der Waals surface area contributed by atoms with Crippen LogP contribution in [0.1, 0.15) is 24.2 Å². The Bertz CT molecular complexity index is 898. The monoisotopic (exact) mass is 442 g/mol. The molecule has 0 saturated heterocycles. The van der Waals surface area contributed by atoms with Crippen molar-refractivity contribution in [2.75, 3.05) is 7.05 Å². The molecule has 0 spiro atoms. The number of likely N-dealkylation sites (N-methyl/N-ethyl adjacent to an activating group) is 1. The van der Waals surface area contributed by atoms with Crippen molar-refractivity contribution in [1.29, 1.82) is 0 Å². The number of halogens is 2. The number of rotatable bonds is 6. The molecular formula is C22H20BrFN2O2. The first-order valence-electron chi connectivity index (χ1n) is 8.81. The molecule has 4 nitrogen and oxygen atoms in total. The number of carbonyl (C=O) groups is 1. The molecule has 1 aromatic heterocycles. The van der Waals surface area contributed by atoms with Crippen LogP contribution in [0.3, 0.4) is 0 Å². The van der Waals surface area contributed by atoms with Gasteiger partial charge in [0.2, 0.25) is 0 Å². The molecule has 2 aromatic carbocycles. The first-order valence-corrected chi connectivity index (χ1v) is 9.61. The summed E-state index contributed by atoms with van der Waals surface area (Å²) in [7, 11) is 1.73. The zero-order valence-electron chi connectivity index (χ0n) is 15.5. The summed E-state index contributed by atoms with van der Waals surface area (Å²) >= 11 is 3.26. The molecule has 28 heavy (non-hydrogen) atoms. The van der Waals surface area contributed by atoms with Crippen molar-refractivity contribution < 1.29 is 13.9 Å². The van der Waals surface area contributed by atoms with E-state index < -0.39 is 6.10 Å². The number of ether oxygens (including phenoxy) is 1. The fraction of sp³-hybridized carbons (Fsp3) is 0.182. The van der Waals surface area contributed by atoms with E-state index >= 15 is 0 Å². The van der Waals surface area contributed by atoms with Crippen LogP contribution < -0.4 is 4.74 Å². The van der Waals surface area contributed by atoms with Gasteiger partial charge in [0, 0.05) is 13.2 Å². The van der Waals surface area contributed by atoms with Crippen LogP contribution >= 0.6 is 15.9 Å². The van der Waals surface area contributed by atoms with Gasteiger partial charge in [0.1, 0.15) is 11.6 Å². The van der Waals surface area contributed by atoms with Gasteiger partial charge in [0.15, 0.2) is 6.10 Å². The van der Waals surface area contributed by atoms with Gasteiger partial charge in [-0.05, 0) is 58.7 Å². The predicted molar refractivity (Wildman–Crippen MR) is 109 cm³/mol. The maximum absolute atomic E-state index is 13.3. The Labute approximate surface area is 172 Å². The number of pyridine rings is 1. The van der Waals surface area contributed by atoms with E-state index in [9.17, 15) is 9.18 Å². The van der Waals surface area contributed by atoms with Gasteiger partial charge in [0.05, 0.1) is 16.2 Å². The summed E-state index contributed by atoms with van der Waals surface area (Å²) in [5, 5.41) is 0. The Kier molecular flexibility index (Phi) is 6.41. The molecule has 0 radical (unpaired) electrons. The molecule has 2 unspecified atom stereocenters. The summed E-state index contributed by atoms with van der Waals surface area (Å²) in [4.78, 5) is 19.2. The van der Waals surface area contributed by atoms with Gasteiger partial charge < -0.3 is 9.64 Å². The van der Waals surface area contributed by atoms with Gasteiger partial charge in [-0.1, -0.05) is 36.4 Å². The molecule has 0 fully saturated rings. The van der Waals surface area contributed by atoms with E-state index in [2.05, 4.69) is 20.9 Å². The number of hydrogen-bond acceptors (Lipinski definition) is 3. The van der Waals surface area contributed by atoms with E-state index in [-0.39, 0.29) is 17.8 Å². The highest BCUT2D eigenvalue weighted by Gasteiger charge is 2.29. The Morgan fingerprint density at radius 2 is 1.82 bits per heavy atom. The third kappa shape index (κ3) is 4.57. The number of benzene rings is 2. The van der Waals surface area contributed by atoms with Crippen LogP contribution in [0.25, 0.3) is 0 Å². The maximum atomic E-state index is 13.3. The lowest BCUT2D eigenvalue weighted by Crippen LogP contribution is -2.40. The molecule has 0 N–H and O–H groups in total. The summed E-state index contributed by atoms with van der Waals surface area (Å²) in [6.07, 6.45) is 0.945. The van der Waals surface area contributed by atoms with Gasteiger partial charge in [0.25, 0.3) is 5.91 Å². The molecule has 0 aliphatic carbocycles. The second-order valence-corrected chi connectivity index (χ2v) is 7.21. The zero-order chi connectivity index (χ0) is 20.1. The van der Waals surface area contributed by atoms with Crippen molar-refractivity contribution in [3.05, 3.63) is 94.5 Å². The molecule has 0 saturated carbocycles. The maximum Gasteiger partial charge on any atom is 0.263 e. The molecule has 0 aliphatic heterocycles. The van der Waals surface area contributed by atoms with Crippen LogP contribution in [-0.2, 0) is 4.79 Å². The third-order valence-corrected chi connectivity index (χ3v) is 4.98. The lowest BCUT2D eigenvalue weighted by Gasteiger charge is -2.30. The Morgan fingerprint density at radius 1 is 1.11 bits per heavy atom. The second-order valence-electron chi connectivity index (χ2n) is 6.35. The first-order chi connectivity index (χ1) is 13.5. The van der Waals surface area contributed by atoms with Gasteiger partial charge in [-0.15, -0.1) is 0 Å². The molecule has 0 bridgehead atoms. The van der Waals surface area contributed by atoms with Gasteiger partial charge in [-0.2, -0.15) is 0 Å². The normalized spacial score (nSPS) is 12.9. The molecule has 3 rings (SSSR count). The van der Waals surface area contributed by atoms with Crippen molar-refractivity contribution in [2.45, 2.75) is 19.1 Å². The fourth-order valence-corrected chi connectivity index (χ4v) is 3.44. The predicted octanol–water partition coefficient (Wildman–Crippen LogP) is 5.00. The smallest absolute Gasteiger partial charge is 0.263 e. The SMILES string of the molecule is CC(Oc1ccc(F)cc1Br)C(=O)N(C)C(c1ccccc1)c1ccccn1. The van der Waals surface area contributed by atoms with E-state index in [1.807, 2.05) is 48.5 Å². The van der Waals surface area contributed by atoms with Crippen LogP contribution in [0.2, 0.25) is 0 Å². The number of carbonyl (C=O) groups excluding carboxylic acids is 1. The second kappa shape index (κ2) is 8.97. The average molecular weight is 443 g/mol. The summed E-state index contributed by atoms with van der Waals surface area (Å²) in [6, 6.07) is 19.1. The minimum atomic E-state index is -0.762. The Balaban J connectivity index is 1.85. The standard InChI is InChI=1S/C22H20BrFN2O2/c1-15(28-20-12-11-17(24)14-18(20)23)22(27)26(2)21(16-8-4-3-5-9-16)19-10-6-7-13-25-19/h3-15,21H,1-2H3. The molecular weight excluding hydrogens is 423 g/mol. The minimum Gasteiger partial charge on any atom is -0.480 e. The van der Waals surface area contributed by atoms with Crippen molar-refractivity contribution in [2.24, 2.45) is 0 Å². The summed E-state index contributed by atoms with van der Waals surface area (Å²) in [5.41, 5.74) is 1.71. The average Bonchev–Trinajstić information content (AvgIpc) is 2.71. The van der Waals surface area contributed by atoms with Crippen molar-refractivity contribution in [1.82, 2.24) is 9.88 Å². The summed E-state index contributed by atoms with van der Waals surface area (Å²) in [5.74, 6) is -0.185. The van der Waals surface area contributed by atoms with Crippen molar-refractivity contribution in [3.8, 4) is 5.75 Å². The topological polar surface area (TPSA) is 42.4 Å². The van der Waals surface area contributed by atoms with Crippen molar-refractivity contribution >= 4 is 21.8 Å². The lowest BCUT2D eigenvalue weighted by molar-refractivity contribution is -0.138. The van der Waals surface area contributed by atoms with Crippen LogP contribution in [0.15, 0.2) is 77.4 Å². The van der Waals surface area contributed by atoms with Gasteiger partial charge >= 0.3 is 0 Å². The van der Waals surface area contributed by atoms with E-state index in [0.717, 1.165) is 11.3 Å². The molecule has 3 aromatic rings. The van der Waals surface area contributed by atoms with E-state index in [4.69, 9.17) is 4.74 Å². The van der Waals surface area contributed by atoms with Crippen LogP contribution in [0, 0.1) is 5.82 Å². The minimum absolute atomic E-state index is 0.212. The number of aromatic nitrogens is 1. The number of nitrogens with zero attached hydrogens (tertiary/aromatic N) is 2. The largest absolute Gasteiger partial charge is 0.480 e. The highest BCUT2D eigenvalue weighted by atomic mass is 79.9. The van der Waals surface area contributed by atoms with Crippen molar-refractivity contribution in [3.63, 3.8) is 0 Å². The van der Waals surface area contributed by atoms with Crippen LogP contribution in [0.4, 0.5) is 4.39 Å². The zero-order valence-corrected chi connectivity index (χ0v) is 17.1. The van der Waals surface area contributed by atoms with Gasteiger partial charge in [-0.25, -0.2) is 4.39 Å². The summed E-state index contributed by atoms with van der Waals surface area (Å²) in [6.45, 7) is 1.68. The highest BCUT2D eigenvalue weighted by molar-refractivity contribution is 9.10. The summed E-state index contributed by atoms with van der Waals surface area (Å²) < 4.78 is 19.5. The molecule has 1 amide bonds. The first kappa shape index (κ1) is 20.0. The Hall–Kier alpha value is -2.73. The number of amides is 1. The van der Waals surface area contributed by atoms with E-state index in [1.54, 1.807) is 25.1 Å². The third-order valence-electron chi connectivity index (χ3n) is 4.36. The molecule has 1 heterocycles. The van der Waals surface area contributed by atoms with Gasteiger partial charge in [-0.3, -0.25) is 9.78 Å².